The second kappa shape index (κ2) is 6.46. The van der Waals surface area contributed by atoms with Crippen molar-refractivity contribution in [3.8, 4) is 0 Å². The zero-order chi connectivity index (χ0) is 9.56. The van der Waals surface area contributed by atoms with Gasteiger partial charge in [-0.1, -0.05) is 29.8 Å². The molecular weight excluding hydrogens is 218 g/mol. The van der Waals surface area contributed by atoms with Gasteiger partial charge < -0.3 is 4.90 Å². The molecule has 0 aliphatic rings. The smallest absolute Gasteiger partial charge is 0.219 e. The highest BCUT2D eigenvalue weighted by atomic mass is 79.9. The second-order valence-corrected chi connectivity index (χ2v) is 3.66. The number of hydrogen-bond acceptors (Lipinski definition) is 1. The van der Waals surface area contributed by atoms with E-state index in [1.165, 1.54) is 0 Å². The first kappa shape index (κ1) is 11.9. The van der Waals surface area contributed by atoms with Crippen LogP contribution < -0.4 is 0 Å². The minimum absolute atomic E-state index is 0.183. The van der Waals surface area contributed by atoms with Gasteiger partial charge in [0.05, 0.1) is 0 Å². The Morgan fingerprint density at radius 1 is 1.42 bits per heavy atom. The number of halogens is 1. The van der Waals surface area contributed by atoms with Gasteiger partial charge in [0.1, 0.15) is 0 Å². The van der Waals surface area contributed by atoms with Gasteiger partial charge in [-0.3, -0.25) is 4.79 Å². The molecule has 0 aliphatic carbocycles. The van der Waals surface area contributed by atoms with Crippen molar-refractivity contribution < 1.29 is 4.79 Å². The highest BCUT2D eigenvalue weighted by Crippen LogP contribution is 2.08. The SMILES string of the molecule is CCC(CC)N(CCBr)C(C)=O. The molecule has 0 atom stereocenters. The lowest BCUT2D eigenvalue weighted by Gasteiger charge is -2.28. The highest BCUT2D eigenvalue weighted by molar-refractivity contribution is 9.09. The van der Waals surface area contributed by atoms with Crippen LogP contribution >= 0.6 is 15.9 Å². The van der Waals surface area contributed by atoms with Crippen molar-refractivity contribution in [1.82, 2.24) is 4.90 Å². The number of rotatable bonds is 5. The van der Waals surface area contributed by atoms with Crippen molar-refractivity contribution in [2.45, 2.75) is 39.7 Å². The molecule has 0 spiro atoms. The standard InChI is InChI=1S/C9H18BrNO/c1-4-9(5-2)11(7-6-10)8(3)12/h9H,4-7H2,1-3H3. The molecular formula is C9H18BrNO. The predicted octanol–water partition coefficient (Wildman–Crippen LogP) is 2.42. The summed E-state index contributed by atoms with van der Waals surface area (Å²) in [5.74, 6) is 0.183. The Balaban J connectivity index is 4.15. The first-order valence-corrected chi connectivity index (χ1v) is 5.62. The van der Waals surface area contributed by atoms with E-state index in [1.807, 2.05) is 4.90 Å². The van der Waals surface area contributed by atoms with E-state index in [4.69, 9.17) is 0 Å². The summed E-state index contributed by atoms with van der Waals surface area (Å²) in [6.45, 7) is 6.71. The van der Waals surface area contributed by atoms with Gasteiger partial charge in [0.2, 0.25) is 5.91 Å². The van der Waals surface area contributed by atoms with Crippen LogP contribution in [0.25, 0.3) is 0 Å². The molecule has 72 valence electrons. The van der Waals surface area contributed by atoms with E-state index in [1.54, 1.807) is 6.92 Å². The lowest BCUT2D eigenvalue weighted by atomic mass is 10.1. The minimum atomic E-state index is 0.183. The Labute approximate surface area is 83.4 Å². The summed E-state index contributed by atoms with van der Waals surface area (Å²) in [6, 6.07) is 0.417. The quantitative estimate of drug-likeness (QED) is 0.671. The number of carbonyl (C=O) groups is 1. The van der Waals surface area contributed by atoms with Crippen LogP contribution in [0, 0.1) is 0 Å². The molecule has 0 unspecified atom stereocenters. The molecule has 1 amide bonds. The van der Waals surface area contributed by atoms with Crippen molar-refractivity contribution in [3.05, 3.63) is 0 Å². The number of hydrogen-bond donors (Lipinski definition) is 0. The van der Waals surface area contributed by atoms with Gasteiger partial charge in [0.15, 0.2) is 0 Å². The lowest BCUT2D eigenvalue weighted by Crippen LogP contribution is -2.39. The molecule has 0 saturated heterocycles. The van der Waals surface area contributed by atoms with E-state index in [2.05, 4.69) is 29.8 Å². The molecule has 0 aromatic carbocycles. The molecule has 0 N–H and O–H groups in total. The third-order valence-electron chi connectivity index (χ3n) is 2.11. The van der Waals surface area contributed by atoms with Crippen molar-refractivity contribution in [2.24, 2.45) is 0 Å². The largest absolute Gasteiger partial charge is 0.339 e. The zero-order valence-electron chi connectivity index (χ0n) is 8.14. The molecule has 0 rings (SSSR count). The van der Waals surface area contributed by atoms with Crippen LogP contribution in [0.15, 0.2) is 0 Å². The van der Waals surface area contributed by atoms with Crippen LogP contribution in [-0.4, -0.2) is 28.7 Å². The van der Waals surface area contributed by atoms with Crippen molar-refractivity contribution in [3.63, 3.8) is 0 Å². The molecule has 12 heavy (non-hydrogen) atoms. The van der Waals surface area contributed by atoms with Gasteiger partial charge in [-0.2, -0.15) is 0 Å². The van der Waals surface area contributed by atoms with Crippen LogP contribution in [0.4, 0.5) is 0 Å². The maximum atomic E-state index is 11.2. The number of amides is 1. The van der Waals surface area contributed by atoms with Crippen molar-refractivity contribution in [1.29, 1.82) is 0 Å². The molecule has 2 nitrogen and oxygen atoms in total. The molecule has 0 heterocycles. The van der Waals surface area contributed by atoms with E-state index in [0.717, 1.165) is 24.7 Å². The summed E-state index contributed by atoms with van der Waals surface area (Å²) in [4.78, 5) is 13.1. The van der Waals surface area contributed by atoms with Crippen molar-refractivity contribution >= 4 is 21.8 Å². The zero-order valence-corrected chi connectivity index (χ0v) is 9.73. The molecule has 3 heteroatoms. The van der Waals surface area contributed by atoms with E-state index >= 15 is 0 Å². The lowest BCUT2D eigenvalue weighted by molar-refractivity contribution is -0.130. The fourth-order valence-corrected chi connectivity index (χ4v) is 1.80. The van der Waals surface area contributed by atoms with Crippen LogP contribution in [0.2, 0.25) is 0 Å². The Kier molecular flexibility index (Phi) is 6.44. The third-order valence-corrected chi connectivity index (χ3v) is 2.47. The Bertz CT molecular complexity index is 134. The van der Waals surface area contributed by atoms with Gasteiger partial charge >= 0.3 is 0 Å². The second-order valence-electron chi connectivity index (χ2n) is 2.87. The minimum Gasteiger partial charge on any atom is -0.339 e. The van der Waals surface area contributed by atoms with Crippen molar-refractivity contribution in [2.75, 3.05) is 11.9 Å². The molecule has 0 bridgehead atoms. The normalized spacial score (nSPS) is 10.4. The average Bonchev–Trinajstić information content (AvgIpc) is 2.05. The van der Waals surface area contributed by atoms with Crippen LogP contribution in [-0.2, 0) is 4.79 Å². The summed E-state index contributed by atoms with van der Waals surface area (Å²) in [7, 11) is 0. The van der Waals surface area contributed by atoms with E-state index in [-0.39, 0.29) is 5.91 Å². The van der Waals surface area contributed by atoms with Gasteiger partial charge in [-0.15, -0.1) is 0 Å². The Morgan fingerprint density at radius 3 is 2.17 bits per heavy atom. The maximum absolute atomic E-state index is 11.2. The van der Waals surface area contributed by atoms with E-state index in [9.17, 15) is 4.79 Å². The van der Waals surface area contributed by atoms with Crippen LogP contribution in [0.3, 0.4) is 0 Å². The maximum Gasteiger partial charge on any atom is 0.219 e. The summed E-state index contributed by atoms with van der Waals surface area (Å²) >= 11 is 3.35. The van der Waals surface area contributed by atoms with Crippen LogP contribution in [0.5, 0.6) is 0 Å². The van der Waals surface area contributed by atoms with Gasteiger partial charge in [-0.05, 0) is 12.8 Å². The third kappa shape index (κ3) is 3.57. The fourth-order valence-electron chi connectivity index (χ4n) is 1.42. The molecule has 0 fully saturated rings. The highest BCUT2D eigenvalue weighted by Gasteiger charge is 2.16. The monoisotopic (exact) mass is 235 g/mol. The van der Waals surface area contributed by atoms with Crippen LogP contribution in [0.1, 0.15) is 33.6 Å². The molecule has 0 aromatic heterocycles. The fraction of sp³-hybridized carbons (Fsp3) is 0.889. The Hall–Kier alpha value is -0.0500. The molecule has 0 aromatic rings. The van der Waals surface area contributed by atoms with Gasteiger partial charge in [-0.25, -0.2) is 0 Å². The molecule has 0 radical (unpaired) electrons. The van der Waals surface area contributed by atoms with E-state index in [0.29, 0.717) is 6.04 Å². The summed E-state index contributed by atoms with van der Waals surface area (Å²) in [5, 5.41) is 0.864. The summed E-state index contributed by atoms with van der Waals surface area (Å²) < 4.78 is 0. The van der Waals surface area contributed by atoms with Gasteiger partial charge in [0, 0.05) is 24.8 Å². The summed E-state index contributed by atoms with van der Waals surface area (Å²) in [6.07, 6.45) is 2.09. The first-order valence-electron chi connectivity index (χ1n) is 4.50. The first-order chi connectivity index (χ1) is 5.67. The molecule has 0 aliphatic heterocycles. The number of nitrogens with zero attached hydrogens (tertiary/aromatic N) is 1. The van der Waals surface area contributed by atoms with E-state index < -0.39 is 0 Å². The Morgan fingerprint density at radius 2 is 1.92 bits per heavy atom. The summed E-state index contributed by atoms with van der Waals surface area (Å²) in [5.41, 5.74) is 0. The average molecular weight is 236 g/mol. The topological polar surface area (TPSA) is 20.3 Å². The predicted molar refractivity (Wildman–Crippen MR) is 55.6 cm³/mol. The molecule has 0 saturated carbocycles. The number of alkyl halides is 1. The number of carbonyl (C=O) groups excluding carboxylic acids is 1. The van der Waals surface area contributed by atoms with Gasteiger partial charge in [0.25, 0.3) is 0 Å².